The smallest absolute Gasteiger partial charge is 0.214 e. The third kappa shape index (κ3) is 7.08. The van der Waals surface area contributed by atoms with Crippen molar-refractivity contribution in [2.45, 2.75) is 51.2 Å². The van der Waals surface area contributed by atoms with Crippen molar-refractivity contribution < 1.29 is 9.90 Å². The first kappa shape index (κ1) is 13.0. The maximum atomic E-state index is 10.9. The van der Waals surface area contributed by atoms with Gasteiger partial charge >= 0.3 is 0 Å². The van der Waals surface area contributed by atoms with Crippen LogP contribution in [0.4, 0.5) is 0 Å². The average Bonchev–Trinajstić information content (AvgIpc) is 2.16. The number of carbonyl (C=O) groups is 1. The van der Waals surface area contributed by atoms with Crippen molar-refractivity contribution in [1.82, 2.24) is 0 Å². The molecule has 0 rings (SSSR count). The molecule has 0 aromatic heterocycles. The minimum atomic E-state index is -0.324. The van der Waals surface area contributed by atoms with Crippen LogP contribution in [0.5, 0.6) is 0 Å². The quantitative estimate of drug-likeness (QED) is 0.648. The molecule has 13 heavy (non-hydrogen) atoms. The largest absolute Gasteiger partial charge is 0.388 e. The van der Waals surface area contributed by atoms with Crippen LogP contribution in [0.15, 0.2) is 0 Å². The molecular formula is C10H20O2S. The Kier molecular flexibility index (Phi) is 8.56. The highest BCUT2D eigenvalue weighted by Crippen LogP contribution is 2.21. The van der Waals surface area contributed by atoms with E-state index in [0.29, 0.717) is 5.25 Å². The molecule has 0 radical (unpaired) electrons. The fourth-order valence-corrected chi connectivity index (χ4v) is 2.09. The van der Waals surface area contributed by atoms with Crippen molar-refractivity contribution in [2.24, 2.45) is 0 Å². The van der Waals surface area contributed by atoms with Gasteiger partial charge in [0.15, 0.2) is 0 Å². The Morgan fingerprint density at radius 3 is 2.54 bits per heavy atom. The molecule has 0 bridgehead atoms. The van der Waals surface area contributed by atoms with Gasteiger partial charge in [-0.15, -0.1) is 0 Å². The SMILES string of the molecule is CCCCCC(CC)SC(=O)CO. The molecule has 0 fully saturated rings. The summed E-state index contributed by atoms with van der Waals surface area (Å²) in [7, 11) is 0. The summed E-state index contributed by atoms with van der Waals surface area (Å²) < 4.78 is 0. The van der Waals surface area contributed by atoms with E-state index in [1.807, 2.05) is 0 Å². The van der Waals surface area contributed by atoms with Gasteiger partial charge in [-0.2, -0.15) is 0 Å². The van der Waals surface area contributed by atoms with Crippen molar-refractivity contribution in [3.63, 3.8) is 0 Å². The van der Waals surface area contributed by atoms with Gasteiger partial charge in [0.05, 0.1) is 0 Å². The standard InChI is InChI=1S/C10H20O2S/c1-3-5-6-7-9(4-2)13-10(12)8-11/h9,11H,3-8H2,1-2H3. The maximum Gasteiger partial charge on any atom is 0.214 e. The molecular weight excluding hydrogens is 184 g/mol. The van der Waals surface area contributed by atoms with Crippen molar-refractivity contribution >= 4 is 16.9 Å². The number of aliphatic hydroxyl groups excluding tert-OH is 1. The van der Waals surface area contributed by atoms with Gasteiger partial charge in [0.1, 0.15) is 6.61 Å². The van der Waals surface area contributed by atoms with E-state index in [1.54, 1.807) is 0 Å². The first-order chi connectivity index (χ1) is 6.24. The summed E-state index contributed by atoms with van der Waals surface area (Å²) in [5.74, 6) is 0. The van der Waals surface area contributed by atoms with Gasteiger partial charge in [-0.1, -0.05) is 44.9 Å². The van der Waals surface area contributed by atoms with Crippen LogP contribution >= 0.6 is 11.8 Å². The lowest BCUT2D eigenvalue weighted by Crippen LogP contribution is -2.08. The van der Waals surface area contributed by atoms with Crippen LogP contribution in [0, 0.1) is 0 Å². The highest BCUT2D eigenvalue weighted by molar-refractivity contribution is 8.14. The summed E-state index contributed by atoms with van der Waals surface area (Å²) in [4.78, 5) is 10.9. The molecule has 0 aliphatic carbocycles. The van der Waals surface area contributed by atoms with Crippen LogP contribution < -0.4 is 0 Å². The first-order valence-electron chi connectivity index (χ1n) is 5.04. The molecule has 0 aromatic carbocycles. The number of hydrogen-bond donors (Lipinski definition) is 1. The van der Waals surface area contributed by atoms with Crippen molar-refractivity contribution in [3.8, 4) is 0 Å². The zero-order valence-electron chi connectivity index (χ0n) is 8.58. The van der Waals surface area contributed by atoms with E-state index in [0.717, 1.165) is 12.8 Å². The zero-order chi connectivity index (χ0) is 10.1. The highest BCUT2D eigenvalue weighted by atomic mass is 32.2. The Hall–Kier alpha value is -0.0200. The van der Waals surface area contributed by atoms with Gasteiger partial charge in [-0.3, -0.25) is 4.79 Å². The fraction of sp³-hybridized carbons (Fsp3) is 0.900. The monoisotopic (exact) mass is 204 g/mol. The molecule has 0 aliphatic rings. The third-order valence-electron chi connectivity index (χ3n) is 2.01. The lowest BCUT2D eigenvalue weighted by Gasteiger charge is -2.11. The van der Waals surface area contributed by atoms with Gasteiger partial charge in [-0.25, -0.2) is 0 Å². The van der Waals surface area contributed by atoms with E-state index in [4.69, 9.17) is 5.11 Å². The van der Waals surface area contributed by atoms with Crippen molar-refractivity contribution in [1.29, 1.82) is 0 Å². The summed E-state index contributed by atoms with van der Waals surface area (Å²) in [6.07, 6.45) is 5.76. The van der Waals surface area contributed by atoms with E-state index in [1.165, 1.54) is 31.0 Å². The minimum Gasteiger partial charge on any atom is -0.388 e. The number of rotatable bonds is 7. The second-order valence-corrected chi connectivity index (χ2v) is 4.53. The number of carbonyl (C=O) groups excluding carboxylic acids is 1. The maximum absolute atomic E-state index is 10.9. The van der Waals surface area contributed by atoms with Crippen LogP contribution in [0.3, 0.4) is 0 Å². The normalized spacial score (nSPS) is 12.8. The van der Waals surface area contributed by atoms with Crippen LogP contribution in [-0.2, 0) is 4.79 Å². The molecule has 0 heterocycles. The van der Waals surface area contributed by atoms with Crippen LogP contribution in [-0.4, -0.2) is 22.1 Å². The zero-order valence-corrected chi connectivity index (χ0v) is 9.40. The molecule has 78 valence electrons. The first-order valence-corrected chi connectivity index (χ1v) is 5.92. The number of hydrogen-bond acceptors (Lipinski definition) is 3. The van der Waals surface area contributed by atoms with Crippen molar-refractivity contribution in [2.75, 3.05) is 6.61 Å². The lowest BCUT2D eigenvalue weighted by atomic mass is 10.1. The summed E-state index contributed by atoms with van der Waals surface area (Å²) >= 11 is 1.31. The van der Waals surface area contributed by atoms with Crippen LogP contribution in [0.25, 0.3) is 0 Å². The fourth-order valence-electron chi connectivity index (χ4n) is 1.19. The van der Waals surface area contributed by atoms with E-state index >= 15 is 0 Å². The van der Waals surface area contributed by atoms with E-state index in [-0.39, 0.29) is 11.7 Å². The second kappa shape index (κ2) is 8.57. The highest BCUT2D eigenvalue weighted by Gasteiger charge is 2.11. The molecule has 0 aliphatic heterocycles. The summed E-state index contributed by atoms with van der Waals surface area (Å²) in [6, 6.07) is 0. The molecule has 0 spiro atoms. The summed E-state index contributed by atoms with van der Waals surface area (Å²) in [5, 5.41) is 8.89. The number of thioether (sulfide) groups is 1. The molecule has 1 N–H and O–H groups in total. The van der Waals surface area contributed by atoms with Crippen LogP contribution in [0.2, 0.25) is 0 Å². The average molecular weight is 204 g/mol. The molecule has 1 atom stereocenters. The Bertz CT molecular complexity index is 137. The summed E-state index contributed by atoms with van der Waals surface area (Å²) in [6.45, 7) is 3.94. The van der Waals surface area contributed by atoms with Crippen molar-refractivity contribution in [3.05, 3.63) is 0 Å². The molecule has 3 heteroatoms. The Balaban J connectivity index is 3.56. The lowest BCUT2D eigenvalue weighted by molar-refractivity contribution is -0.113. The van der Waals surface area contributed by atoms with Crippen LogP contribution in [0.1, 0.15) is 46.0 Å². The predicted molar refractivity (Wildman–Crippen MR) is 57.9 cm³/mol. The minimum absolute atomic E-state index is 0.0941. The molecule has 0 aromatic rings. The van der Waals surface area contributed by atoms with Gasteiger partial charge in [0.25, 0.3) is 0 Å². The third-order valence-corrected chi connectivity index (χ3v) is 3.31. The Morgan fingerprint density at radius 1 is 1.38 bits per heavy atom. The van der Waals surface area contributed by atoms with Gasteiger partial charge in [-0.05, 0) is 12.8 Å². The second-order valence-electron chi connectivity index (χ2n) is 3.17. The molecule has 0 saturated heterocycles. The Labute approximate surface area is 85.1 Å². The van der Waals surface area contributed by atoms with E-state index < -0.39 is 0 Å². The Morgan fingerprint density at radius 2 is 2.08 bits per heavy atom. The predicted octanol–water partition coefficient (Wildman–Crippen LogP) is 2.60. The molecule has 0 amide bonds. The topological polar surface area (TPSA) is 37.3 Å². The molecule has 0 saturated carbocycles. The van der Waals surface area contributed by atoms with E-state index in [2.05, 4.69) is 13.8 Å². The molecule has 2 nitrogen and oxygen atoms in total. The molecule has 1 unspecified atom stereocenters. The van der Waals surface area contributed by atoms with Gasteiger partial charge in [0, 0.05) is 5.25 Å². The van der Waals surface area contributed by atoms with Gasteiger partial charge < -0.3 is 5.11 Å². The summed E-state index contributed by atoms with van der Waals surface area (Å²) in [5.41, 5.74) is 0. The number of aliphatic hydroxyl groups is 1. The van der Waals surface area contributed by atoms with E-state index in [9.17, 15) is 4.79 Å². The number of unbranched alkanes of at least 4 members (excludes halogenated alkanes) is 2. The van der Waals surface area contributed by atoms with Gasteiger partial charge in [0.2, 0.25) is 5.12 Å².